The fraction of sp³-hybridized carbons (Fsp3) is 0.444. The summed E-state index contributed by atoms with van der Waals surface area (Å²) < 4.78 is 39.4. The van der Waals surface area contributed by atoms with Crippen LogP contribution >= 0.6 is 11.6 Å². The molecule has 290 valence electrons. The zero-order valence-electron chi connectivity index (χ0n) is 30.1. The van der Waals surface area contributed by atoms with Gasteiger partial charge in [0.15, 0.2) is 23.9 Å². The van der Waals surface area contributed by atoms with E-state index in [0.717, 1.165) is 19.6 Å². The third kappa shape index (κ3) is 8.80. The molecule has 0 aliphatic carbocycles. The number of benzene rings is 2. The second-order valence-corrected chi connectivity index (χ2v) is 14.0. The van der Waals surface area contributed by atoms with Gasteiger partial charge in [-0.25, -0.2) is 14.2 Å². The van der Waals surface area contributed by atoms with Gasteiger partial charge in [-0.3, -0.25) is 19.2 Å². The van der Waals surface area contributed by atoms with Gasteiger partial charge in [-0.2, -0.15) is 4.39 Å². The number of nitrogens with zero attached hydrogens (tertiary/aromatic N) is 5. The van der Waals surface area contributed by atoms with Gasteiger partial charge in [-0.15, -0.1) is 0 Å². The fourth-order valence-electron chi connectivity index (χ4n) is 7.24. The third-order valence-corrected chi connectivity index (χ3v) is 10.4. The number of nitrogens with one attached hydrogen (secondary N) is 2. The van der Waals surface area contributed by atoms with Crippen molar-refractivity contribution in [2.75, 3.05) is 85.0 Å². The van der Waals surface area contributed by atoms with E-state index in [2.05, 4.69) is 20.4 Å². The molecule has 6 rings (SSSR count). The molecule has 2 atom stereocenters. The molecule has 0 saturated carbocycles. The van der Waals surface area contributed by atoms with Gasteiger partial charge in [-0.05, 0) is 30.3 Å². The number of ether oxygens (including phenoxy) is 2. The molecule has 3 aliphatic heterocycles. The number of hydrogen-bond donors (Lipinski definition) is 3. The van der Waals surface area contributed by atoms with E-state index in [4.69, 9.17) is 21.1 Å². The molecule has 15 nitrogen and oxygen atoms in total. The Morgan fingerprint density at radius 2 is 1.76 bits per heavy atom. The number of piperazine rings is 1. The molecule has 2 aromatic carbocycles. The van der Waals surface area contributed by atoms with E-state index in [9.17, 15) is 33.1 Å². The van der Waals surface area contributed by atoms with Crippen LogP contribution in [-0.4, -0.2) is 139 Å². The molecule has 3 saturated heterocycles. The monoisotopic (exact) mass is 774 g/mol. The topological polar surface area (TPSA) is 172 Å². The summed E-state index contributed by atoms with van der Waals surface area (Å²) in [6.07, 6.45) is 1.90. The number of rotatable bonds is 11. The summed E-state index contributed by atoms with van der Waals surface area (Å²) in [5, 5.41) is 15.6. The van der Waals surface area contributed by atoms with E-state index in [1.807, 2.05) is 0 Å². The van der Waals surface area contributed by atoms with Crippen molar-refractivity contribution in [1.82, 2.24) is 24.7 Å². The Labute approximate surface area is 315 Å². The minimum atomic E-state index is -1.15. The summed E-state index contributed by atoms with van der Waals surface area (Å²) in [5.74, 6) is -4.22. The molecule has 1 aromatic heterocycles. The van der Waals surface area contributed by atoms with Crippen molar-refractivity contribution in [2.45, 2.75) is 6.42 Å². The zero-order chi connectivity index (χ0) is 39.2. The largest absolute Gasteiger partial charge is 0.494 e. The van der Waals surface area contributed by atoms with E-state index in [1.165, 1.54) is 62.4 Å². The summed E-state index contributed by atoms with van der Waals surface area (Å²) in [7, 11) is 4.04. The highest BCUT2D eigenvalue weighted by molar-refractivity contribution is 6.34. The Balaban J connectivity index is 0.00000133. The SMILES string of the molecule is COC=O.COc1ccc(-c2cnc(C(=O)Nc3ccc(C(=O)N4CCN(C(=O)C5CC[N+](CC(=O)O)(CC6CNC6)C5)CC4)c(Cl)c3)n2C)c(F)c1F. The lowest BCUT2D eigenvalue weighted by Gasteiger charge is -2.40. The van der Waals surface area contributed by atoms with E-state index < -0.39 is 23.5 Å². The first-order valence-corrected chi connectivity index (χ1v) is 17.7. The zero-order valence-corrected chi connectivity index (χ0v) is 30.9. The number of hydrogen-bond acceptors (Lipinski definition) is 9. The molecule has 2 unspecified atom stereocenters. The number of carboxylic acids is 1. The Kier molecular flexibility index (Phi) is 12.9. The first kappa shape index (κ1) is 40.1. The fourth-order valence-corrected chi connectivity index (χ4v) is 7.50. The van der Waals surface area contributed by atoms with Crippen LogP contribution < -0.4 is 15.4 Å². The van der Waals surface area contributed by atoms with Crippen LogP contribution in [0.3, 0.4) is 0 Å². The molecule has 3 aliphatic rings. The van der Waals surface area contributed by atoms with Crippen LogP contribution in [0.1, 0.15) is 27.4 Å². The molecule has 4 heterocycles. The summed E-state index contributed by atoms with van der Waals surface area (Å²) in [6.45, 7) is 5.43. The number of halogens is 3. The molecule has 54 heavy (non-hydrogen) atoms. The number of quaternary nitrogens is 1. The Hall–Kier alpha value is -5.13. The van der Waals surface area contributed by atoms with Crippen LogP contribution in [0.15, 0.2) is 36.5 Å². The predicted octanol–water partition coefficient (Wildman–Crippen LogP) is 2.49. The van der Waals surface area contributed by atoms with Crippen molar-refractivity contribution in [3.63, 3.8) is 0 Å². The number of carboxylic acid groups (broad SMARTS) is 1. The Morgan fingerprint density at radius 3 is 2.35 bits per heavy atom. The van der Waals surface area contributed by atoms with Gasteiger partial charge in [0.05, 0.1) is 62.2 Å². The van der Waals surface area contributed by atoms with Crippen LogP contribution in [-0.2, 0) is 26.2 Å². The molecular formula is C36H43ClF2N7O8+. The second-order valence-electron chi connectivity index (χ2n) is 13.6. The number of aromatic nitrogens is 2. The number of amides is 3. The van der Waals surface area contributed by atoms with Crippen LogP contribution in [0.5, 0.6) is 5.75 Å². The molecule has 0 bridgehead atoms. The average molecular weight is 775 g/mol. The third-order valence-electron chi connectivity index (χ3n) is 10.1. The van der Waals surface area contributed by atoms with Gasteiger partial charge in [0.2, 0.25) is 11.7 Å². The first-order chi connectivity index (χ1) is 25.8. The second kappa shape index (κ2) is 17.3. The maximum Gasteiger partial charge on any atom is 0.359 e. The minimum absolute atomic E-state index is 0.00785. The van der Waals surface area contributed by atoms with E-state index in [1.54, 1.807) is 9.80 Å². The quantitative estimate of drug-likeness (QED) is 0.194. The summed E-state index contributed by atoms with van der Waals surface area (Å²) >= 11 is 6.50. The lowest BCUT2D eigenvalue weighted by Crippen LogP contribution is -2.58. The smallest absolute Gasteiger partial charge is 0.359 e. The number of imidazole rings is 1. The Bertz CT molecular complexity index is 1900. The van der Waals surface area contributed by atoms with Crippen molar-refractivity contribution in [3.05, 3.63) is 64.6 Å². The lowest BCUT2D eigenvalue weighted by molar-refractivity contribution is -0.914. The number of aliphatic carboxylic acids is 1. The van der Waals surface area contributed by atoms with E-state index in [0.29, 0.717) is 68.2 Å². The maximum atomic E-state index is 14.7. The van der Waals surface area contributed by atoms with Gasteiger partial charge in [0.1, 0.15) is 0 Å². The molecule has 3 N–H and O–H groups in total. The molecule has 3 amide bonds. The number of carbonyl (C=O) groups excluding carboxylic acids is 4. The number of likely N-dealkylation sites (tertiary alicyclic amines) is 1. The van der Waals surface area contributed by atoms with Crippen molar-refractivity contribution >= 4 is 47.5 Å². The molecule has 0 spiro atoms. The van der Waals surface area contributed by atoms with Gasteiger partial charge in [-0.1, -0.05) is 11.6 Å². The molecule has 3 aromatic rings. The van der Waals surface area contributed by atoms with Crippen LogP contribution in [0.25, 0.3) is 11.3 Å². The molecule has 3 fully saturated rings. The summed E-state index contributed by atoms with van der Waals surface area (Å²) in [6, 6.07) is 7.09. The highest BCUT2D eigenvalue weighted by atomic mass is 35.5. The standard InChI is InChI=1S/C34H38ClF2N7O6.C2H4O2/c1-41-26(24-5-6-27(50-2)30(37)29(24)36)16-39-31(41)32(47)40-22-3-4-23(25(35)13-22)34(49)43-10-8-42(9-11-43)33(48)21-7-12-44(18-21,19-28(45)46)17-20-14-38-15-20;1-4-2-3/h3-6,13,16,20-21,38H,7-12,14-15,17-19H2,1-2H3,(H-,40,45,46,47,49);2H,1H3/p+1. The van der Waals surface area contributed by atoms with Crippen LogP contribution in [0.2, 0.25) is 5.02 Å². The highest BCUT2D eigenvalue weighted by Crippen LogP contribution is 2.31. The van der Waals surface area contributed by atoms with Crippen molar-refractivity contribution in [1.29, 1.82) is 0 Å². The van der Waals surface area contributed by atoms with Crippen molar-refractivity contribution in [2.24, 2.45) is 18.9 Å². The predicted molar refractivity (Wildman–Crippen MR) is 192 cm³/mol. The van der Waals surface area contributed by atoms with Crippen molar-refractivity contribution < 1.29 is 51.8 Å². The normalized spacial score (nSPS) is 19.6. The number of carbonyl (C=O) groups is 5. The van der Waals surface area contributed by atoms with Crippen LogP contribution in [0.4, 0.5) is 14.5 Å². The van der Waals surface area contributed by atoms with E-state index >= 15 is 0 Å². The Morgan fingerprint density at radius 1 is 1.07 bits per heavy atom. The molecule has 0 radical (unpaired) electrons. The van der Waals surface area contributed by atoms with Gasteiger partial charge in [0.25, 0.3) is 18.3 Å². The van der Waals surface area contributed by atoms with Gasteiger partial charge < -0.3 is 44.1 Å². The molecule has 18 heteroatoms. The summed E-state index contributed by atoms with van der Waals surface area (Å²) in [5.41, 5.74) is 0.602. The summed E-state index contributed by atoms with van der Waals surface area (Å²) in [4.78, 5) is 68.1. The lowest BCUT2D eigenvalue weighted by atomic mass is 10.0. The van der Waals surface area contributed by atoms with Crippen molar-refractivity contribution in [3.8, 4) is 17.0 Å². The number of methoxy groups -OCH3 is 2. The first-order valence-electron chi connectivity index (χ1n) is 17.3. The van der Waals surface area contributed by atoms with Gasteiger partial charge in [0, 0.05) is 69.9 Å². The number of anilines is 1. The van der Waals surface area contributed by atoms with E-state index in [-0.39, 0.29) is 57.7 Å². The van der Waals surface area contributed by atoms with Gasteiger partial charge >= 0.3 is 5.97 Å². The highest BCUT2D eigenvalue weighted by Gasteiger charge is 2.46. The van der Waals surface area contributed by atoms with Crippen LogP contribution in [0, 0.1) is 23.5 Å². The maximum absolute atomic E-state index is 14.7. The minimum Gasteiger partial charge on any atom is -0.494 e. The average Bonchev–Trinajstić information content (AvgIpc) is 3.73. The molecular weight excluding hydrogens is 732 g/mol.